The highest BCUT2D eigenvalue weighted by atomic mass is 32.2. The van der Waals surface area contributed by atoms with E-state index in [9.17, 15) is 13.2 Å². The summed E-state index contributed by atoms with van der Waals surface area (Å²) in [6, 6.07) is 14.5. The average molecular weight is 376 g/mol. The molecular formula is C18H20N2O5S. The van der Waals surface area contributed by atoms with Gasteiger partial charge in [0.15, 0.2) is 11.5 Å². The summed E-state index contributed by atoms with van der Waals surface area (Å²) >= 11 is 0. The number of amides is 1. The molecule has 1 aliphatic rings. The van der Waals surface area contributed by atoms with Gasteiger partial charge >= 0.3 is 0 Å². The van der Waals surface area contributed by atoms with Gasteiger partial charge < -0.3 is 14.8 Å². The highest BCUT2D eigenvalue weighted by Gasteiger charge is 2.16. The van der Waals surface area contributed by atoms with E-state index in [-0.39, 0.29) is 25.0 Å². The zero-order valence-electron chi connectivity index (χ0n) is 14.1. The molecule has 8 heteroatoms. The highest BCUT2D eigenvalue weighted by molar-refractivity contribution is 7.89. The lowest BCUT2D eigenvalue weighted by Gasteiger charge is -2.08. The molecule has 1 aliphatic heterocycles. The number of rotatable bonds is 8. The molecule has 0 atom stereocenters. The van der Waals surface area contributed by atoms with Crippen LogP contribution in [0.3, 0.4) is 0 Å². The Bertz CT molecular complexity index is 868. The van der Waals surface area contributed by atoms with Crippen LogP contribution >= 0.6 is 0 Å². The fraction of sp³-hybridized carbons (Fsp3) is 0.278. The minimum absolute atomic E-state index is 0.0218. The molecule has 2 N–H and O–H groups in total. The van der Waals surface area contributed by atoms with Crippen molar-refractivity contribution in [1.29, 1.82) is 0 Å². The number of hydrogen-bond acceptors (Lipinski definition) is 5. The van der Waals surface area contributed by atoms with Gasteiger partial charge in [0.1, 0.15) is 0 Å². The molecule has 26 heavy (non-hydrogen) atoms. The Labute approximate surface area is 152 Å². The van der Waals surface area contributed by atoms with Crippen molar-refractivity contribution in [3.63, 3.8) is 0 Å². The van der Waals surface area contributed by atoms with Crippen molar-refractivity contribution in [2.45, 2.75) is 6.42 Å². The number of benzene rings is 2. The predicted molar refractivity (Wildman–Crippen MR) is 96.8 cm³/mol. The first-order chi connectivity index (χ1) is 12.5. The normalized spacial score (nSPS) is 12.8. The summed E-state index contributed by atoms with van der Waals surface area (Å²) in [5.74, 6) is 0.556. The van der Waals surface area contributed by atoms with Crippen LogP contribution in [0.25, 0.3) is 0 Å². The van der Waals surface area contributed by atoms with Crippen molar-refractivity contribution in [2.75, 3.05) is 25.6 Å². The van der Waals surface area contributed by atoms with Crippen LogP contribution in [0.2, 0.25) is 0 Å². The van der Waals surface area contributed by atoms with Crippen molar-refractivity contribution in [3.05, 3.63) is 59.7 Å². The second-order valence-electron chi connectivity index (χ2n) is 5.77. The largest absolute Gasteiger partial charge is 0.454 e. The first kappa shape index (κ1) is 18.2. The molecule has 0 unspecified atom stereocenters. The highest BCUT2D eigenvalue weighted by Crippen LogP contribution is 2.32. The number of carbonyl (C=O) groups excluding carboxylic acids is 1. The fourth-order valence-corrected chi connectivity index (χ4v) is 3.43. The van der Waals surface area contributed by atoms with Gasteiger partial charge in [0.25, 0.3) is 5.91 Å². The van der Waals surface area contributed by atoms with Gasteiger partial charge in [0.2, 0.25) is 16.8 Å². The number of fused-ring (bicyclic) bond motifs is 1. The van der Waals surface area contributed by atoms with Gasteiger partial charge in [0.05, 0.1) is 5.75 Å². The molecule has 0 saturated heterocycles. The number of nitrogens with one attached hydrogen (secondary N) is 2. The molecule has 1 heterocycles. The predicted octanol–water partition coefficient (Wildman–Crippen LogP) is 1.31. The zero-order valence-corrected chi connectivity index (χ0v) is 14.9. The van der Waals surface area contributed by atoms with Gasteiger partial charge in [-0.05, 0) is 30.2 Å². The Morgan fingerprint density at radius 3 is 2.58 bits per heavy atom. The fourth-order valence-electron chi connectivity index (χ4n) is 2.51. The minimum atomic E-state index is -3.45. The van der Waals surface area contributed by atoms with Crippen LogP contribution in [-0.2, 0) is 16.4 Å². The van der Waals surface area contributed by atoms with Gasteiger partial charge in [-0.25, -0.2) is 13.1 Å². The lowest BCUT2D eigenvalue weighted by Crippen LogP contribution is -2.35. The molecule has 0 fully saturated rings. The van der Waals surface area contributed by atoms with Crippen LogP contribution in [-0.4, -0.2) is 40.0 Å². The number of ether oxygens (including phenoxy) is 2. The Hall–Kier alpha value is -2.58. The van der Waals surface area contributed by atoms with Crippen LogP contribution in [0.15, 0.2) is 48.5 Å². The maximum Gasteiger partial charge on any atom is 0.251 e. The monoisotopic (exact) mass is 376 g/mol. The van der Waals surface area contributed by atoms with Crippen LogP contribution < -0.4 is 19.5 Å². The molecule has 0 bridgehead atoms. The average Bonchev–Trinajstić information content (AvgIpc) is 3.10. The van der Waals surface area contributed by atoms with Crippen LogP contribution in [0, 0.1) is 0 Å². The lowest BCUT2D eigenvalue weighted by atomic mass is 10.2. The number of sulfonamides is 1. The molecule has 0 radical (unpaired) electrons. The van der Waals surface area contributed by atoms with E-state index in [1.165, 1.54) is 0 Å². The van der Waals surface area contributed by atoms with Gasteiger partial charge in [-0.15, -0.1) is 0 Å². The molecule has 2 aromatic rings. The third-order valence-corrected chi connectivity index (χ3v) is 5.26. The molecule has 0 spiro atoms. The standard InChI is InChI=1S/C18H20N2O5S/c21-18(15-6-7-16-17(12-15)25-13-24-16)19-10-11-26(22,23)20-9-8-14-4-2-1-3-5-14/h1-7,12,20H,8-11,13H2,(H,19,21). The van der Waals surface area contributed by atoms with Gasteiger partial charge in [0, 0.05) is 18.7 Å². The first-order valence-electron chi connectivity index (χ1n) is 8.23. The van der Waals surface area contributed by atoms with E-state index >= 15 is 0 Å². The van der Waals surface area contributed by atoms with E-state index < -0.39 is 10.0 Å². The summed E-state index contributed by atoms with van der Waals surface area (Å²) in [5.41, 5.74) is 1.45. The Morgan fingerprint density at radius 2 is 1.77 bits per heavy atom. The quantitative estimate of drug-likeness (QED) is 0.724. The minimum Gasteiger partial charge on any atom is -0.454 e. The van der Waals surface area contributed by atoms with Crippen LogP contribution in [0.4, 0.5) is 0 Å². The van der Waals surface area contributed by atoms with Crippen LogP contribution in [0.5, 0.6) is 11.5 Å². The van der Waals surface area contributed by atoms with Gasteiger partial charge in [-0.1, -0.05) is 30.3 Å². The van der Waals surface area contributed by atoms with Crippen molar-refractivity contribution in [3.8, 4) is 11.5 Å². The smallest absolute Gasteiger partial charge is 0.251 e. The SMILES string of the molecule is O=C(NCCS(=O)(=O)NCCc1ccccc1)c1ccc2c(c1)OCO2. The van der Waals surface area contributed by atoms with E-state index in [1.54, 1.807) is 18.2 Å². The third-order valence-electron chi connectivity index (χ3n) is 3.87. The summed E-state index contributed by atoms with van der Waals surface area (Å²) in [6.07, 6.45) is 0.615. The molecule has 0 aromatic heterocycles. The van der Waals surface area contributed by atoms with Crippen LogP contribution in [0.1, 0.15) is 15.9 Å². The summed E-state index contributed by atoms with van der Waals surface area (Å²) in [5, 5.41) is 2.60. The van der Waals surface area contributed by atoms with Gasteiger partial charge in [-0.2, -0.15) is 0 Å². The van der Waals surface area contributed by atoms with E-state index in [0.717, 1.165) is 5.56 Å². The molecule has 0 aliphatic carbocycles. The summed E-state index contributed by atoms with van der Waals surface area (Å²) in [6.45, 7) is 0.476. The van der Waals surface area contributed by atoms with Crippen molar-refractivity contribution >= 4 is 15.9 Å². The first-order valence-corrected chi connectivity index (χ1v) is 9.88. The molecule has 1 amide bonds. The molecule has 2 aromatic carbocycles. The van der Waals surface area contributed by atoms with Crippen molar-refractivity contribution in [2.24, 2.45) is 0 Å². The number of hydrogen-bond donors (Lipinski definition) is 2. The Morgan fingerprint density at radius 1 is 1.00 bits per heavy atom. The molecular weight excluding hydrogens is 356 g/mol. The second-order valence-corrected chi connectivity index (χ2v) is 7.70. The topological polar surface area (TPSA) is 93.7 Å². The van der Waals surface area contributed by atoms with E-state index in [0.29, 0.717) is 30.0 Å². The Kier molecular flexibility index (Phi) is 5.75. The summed E-state index contributed by atoms with van der Waals surface area (Å²) in [7, 11) is -3.45. The second kappa shape index (κ2) is 8.20. The maximum absolute atomic E-state index is 12.1. The van der Waals surface area contributed by atoms with Gasteiger partial charge in [-0.3, -0.25) is 4.79 Å². The lowest BCUT2D eigenvalue weighted by molar-refractivity contribution is 0.0955. The summed E-state index contributed by atoms with van der Waals surface area (Å²) < 4.78 is 36.9. The number of carbonyl (C=O) groups is 1. The summed E-state index contributed by atoms with van der Waals surface area (Å²) in [4.78, 5) is 12.1. The van der Waals surface area contributed by atoms with Crippen molar-refractivity contribution < 1.29 is 22.7 Å². The molecule has 3 rings (SSSR count). The zero-order chi connectivity index (χ0) is 18.4. The van der Waals surface area contributed by atoms with E-state index in [1.807, 2.05) is 30.3 Å². The maximum atomic E-state index is 12.1. The molecule has 138 valence electrons. The third kappa shape index (κ3) is 4.96. The van der Waals surface area contributed by atoms with E-state index in [4.69, 9.17) is 9.47 Å². The molecule has 0 saturated carbocycles. The Balaban J connectivity index is 1.42. The molecule has 7 nitrogen and oxygen atoms in total. The van der Waals surface area contributed by atoms with Crippen molar-refractivity contribution in [1.82, 2.24) is 10.0 Å². The van der Waals surface area contributed by atoms with E-state index in [2.05, 4.69) is 10.0 Å².